The Morgan fingerprint density at radius 2 is 1.92 bits per heavy atom. The number of hydrogen-bond acceptors (Lipinski definition) is 4. The van der Waals surface area contributed by atoms with Crippen molar-refractivity contribution >= 4 is 16.5 Å². The minimum absolute atomic E-state index is 0.0220. The minimum Gasteiger partial charge on any atom is -0.348 e. The molecule has 140 valence electrons. The van der Waals surface area contributed by atoms with Crippen molar-refractivity contribution in [2.75, 3.05) is 18.0 Å². The van der Waals surface area contributed by atoms with Gasteiger partial charge in [0.25, 0.3) is 0 Å². The topological polar surface area (TPSA) is 28.2 Å². The summed E-state index contributed by atoms with van der Waals surface area (Å²) < 4.78 is 39.2. The number of nitrogens with one attached hydrogen (secondary N) is 1. The van der Waals surface area contributed by atoms with Gasteiger partial charge in [-0.3, -0.25) is 0 Å². The molecule has 1 aliphatic heterocycles. The lowest BCUT2D eigenvalue weighted by Gasteiger charge is -2.35. The first-order chi connectivity index (χ1) is 12.5. The number of thiazole rings is 1. The molecule has 4 rings (SSSR count). The van der Waals surface area contributed by atoms with Crippen LogP contribution in [0.5, 0.6) is 0 Å². The summed E-state index contributed by atoms with van der Waals surface area (Å²) in [5, 5.41) is 6.71. The first kappa shape index (κ1) is 17.8. The van der Waals surface area contributed by atoms with Crippen molar-refractivity contribution in [2.45, 2.75) is 43.9 Å². The van der Waals surface area contributed by atoms with Crippen molar-refractivity contribution in [3.63, 3.8) is 0 Å². The van der Waals surface area contributed by atoms with Crippen LogP contribution < -0.4 is 10.2 Å². The minimum atomic E-state index is -4.29. The highest BCUT2D eigenvalue weighted by atomic mass is 32.1. The predicted octanol–water partition coefficient (Wildman–Crippen LogP) is 4.87. The van der Waals surface area contributed by atoms with Crippen LogP contribution in [-0.2, 0) is 6.18 Å². The summed E-state index contributed by atoms with van der Waals surface area (Å²) >= 11 is 1.65. The van der Waals surface area contributed by atoms with E-state index in [1.807, 2.05) is 17.6 Å². The summed E-state index contributed by atoms with van der Waals surface area (Å²) in [6.45, 7) is 1.87. The molecule has 1 aliphatic carbocycles. The molecule has 3 nitrogen and oxygen atoms in total. The monoisotopic (exact) mass is 381 g/mol. The highest BCUT2D eigenvalue weighted by Crippen LogP contribution is 2.43. The highest BCUT2D eigenvalue weighted by Gasteiger charge is 2.36. The molecule has 0 radical (unpaired) electrons. The Bertz CT molecular complexity index is 720. The Kier molecular flexibility index (Phi) is 4.92. The van der Waals surface area contributed by atoms with Crippen molar-refractivity contribution < 1.29 is 13.2 Å². The summed E-state index contributed by atoms with van der Waals surface area (Å²) in [4.78, 5) is 6.65. The largest absolute Gasteiger partial charge is 0.416 e. The highest BCUT2D eigenvalue weighted by molar-refractivity contribution is 7.13. The number of rotatable bonds is 5. The Morgan fingerprint density at radius 3 is 2.54 bits per heavy atom. The Labute approximate surface area is 155 Å². The zero-order valence-electron chi connectivity index (χ0n) is 14.4. The van der Waals surface area contributed by atoms with E-state index in [4.69, 9.17) is 0 Å². The van der Waals surface area contributed by atoms with Crippen LogP contribution in [-0.4, -0.2) is 24.1 Å². The van der Waals surface area contributed by atoms with Crippen LogP contribution in [0.25, 0.3) is 0 Å². The van der Waals surface area contributed by atoms with Gasteiger partial charge in [0.1, 0.15) is 0 Å². The van der Waals surface area contributed by atoms with E-state index < -0.39 is 11.7 Å². The third-order valence-corrected chi connectivity index (χ3v) is 6.10. The van der Waals surface area contributed by atoms with Gasteiger partial charge < -0.3 is 10.2 Å². The van der Waals surface area contributed by atoms with Crippen LogP contribution in [0.3, 0.4) is 0 Å². The van der Waals surface area contributed by atoms with Gasteiger partial charge >= 0.3 is 6.18 Å². The second-order valence-electron chi connectivity index (χ2n) is 7.18. The molecule has 26 heavy (non-hydrogen) atoms. The number of piperidine rings is 1. The number of benzene rings is 1. The lowest BCUT2D eigenvalue weighted by molar-refractivity contribution is -0.137. The molecule has 7 heteroatoms. The molecule has 1 aromatic carbocycles. The van der Waals surface area contributed by atoms with E-state index in [0.717, 1.165) is 55.5 Å². The molecule has 0 amide bonds. The molecule has 1 aromatic heterocycles. The fourth-order valence-electron chi connectivity index (χ4n) is 3.71. The zero-order valence-corrected chi connectivity index (χ0v) is 15.2. The van der Waals surface area contributed by atoms with E-state index in [-0.39, 0.29) is 6.04 Å². The van der Waals surface area contributed by atoms with Crippen molar-refractivity contribution in [3.05, 3.63) is 47.0 Å². The summed E-state index contributed by atoms with van der Waals surface area (Å²) in [5.41, 5.74) is 0.214. The van der Waals surface area contributed by atoms with E-state index in [9.17, 15) is 13.2 Å². The number of alkyl halides is 3. The second-order valence-corrected chi connectivity index (χ2v) is 8.05. The summed E-state index contributed by atoms with van der Waals surface area (Å²) in [5.74, 6) is 0.454. The van der Waals surface area contributed by atoms with Gasteiger partial charge in [-0.25, -0.2) is 4.98 Å². The normalized spacial score (nSPS) is 20.3. The second kappa shape index (κ2) is 7.19. The SMILES string of the molecule is FC(F)(F)c1cccc([C@H](NC2CCN(c3nccs3)CC2)C2CC2)c1. The summed E-state index contributed by atoms with van der Waals surface area (Å²) in [6.07, 6.45) is 1.69. The average Bonchev–Trinajstić information content (AvgIpc) is 3.33. The van der Waals surface area contributed by atoms with Crippen molar-refractivity contribution in [2.24, 2.45) is 5.92 Å². The van der Waals surface area contributed by atoms with E-state index in [2.05, 4.69) is 15.2 Å². The lowest BCUT2D eigenvalue weighted by atomic mass is 9.96. The molecule has 1 N–H and O–H groups in total. The maximum atomic E-state index is 13.1. The van der Waals surface area contributed by atoms with Crippen LogP contribution >= 0.6 is 11.3 Å². The van der Waals surface area contributed by atoms with E-state index >= 15 is 0 Å². The van der Waals surface area contributed by atoms with E-state index in [0.29, 0.717) is 12.0 Å². The summed E-state index contributed by atoms with van der Waals surface area (Å²) in [6, 6.07) is 6.19. The quantitative estimate of drug-likeness (QED) is 0.801. The maximum absolute atomic E-state index is 13.1. The van der Waals surface area contributed by atoms with Gasteiger partial charge in [-0.1, -0.05) is 12.1 Å². The van der Waals surface area contributed by atoms with Crippen LogP contribution in [0.15, 0.2) is 35.8 Å². The smallest absolute Gasteiger partial charge is 0.348 e. The van der Waals surface area contributed by atoms with Crippen LogP contribution in [0.2, 0.25) is 0 Å². The molecule has 2 aliphatic rings. The Morgan fingerprint density at radius 1 is 1.15 bits per heavy atom. The fraction of sp³-hybridized carbons (Fsp3) is 0.526. The van der Waals surface area contributed by atoms with Crippen molar-refractivity contribution in [3.8, 4) is 0 Å². The molecular formula is C19H22F3N3S. The number of aromatic nitrogens is 1. The van der Waals surface area contributed by atoms with E-state index in [1.54, 1.807) is 11.3 Å². The zero-order chi connectivity index (χ0) is 18.1. The molecular weight excluding hydrogens is 359 g/mol. The third kappa shape index (κ3) is 4.04. The Balaban J connectivity index is 1.42. The molecule has 0 unspecified atom stereocenters. The molecule has 2 fully saturated rings. The van der Waals surface area contributed by atoms with Gasteiger partial charge in [0.05, 0.1) is 5.56 Å². The van der Waals surface area contributed by atoms with Crippen LogP contribution in [0.4, 0.5) is 18.3 Å². The molecule has 0 bridgehead atoms. The summed E-state index contributed by atoms with van der Waals surface area (Å²) in [7, 11) is 0. The maximum Gasteiger partial charge on any atom is 0.416 e. The molecule has 1 saturated heterocycles. The number of anilines is 1. The molecule has 1 atom stereocenters. The van der Waals surface area contributed by atoms with E-state index in [1.165, 1.54) is 12.1 Å². The van der Waals surface area contributed by atoms with Gasteiger partial charge in [-0.15, -0.1) is 11.3 Å². The Hall–Kier alpha value is -1.60. The predicted molar refractivity (Wildman–Crippen MR) is 97.4 cm³/mol. The third-order valence-electron chi connectivity index (χ3n) is 5.27. The fourth-order valence-corrected chi connectivity index (χ4v) is 4.40. The van der Waals surface area contributed by atoms with Gasteiger partial charge in [0, 0.05) is 36.8 Å². The number of halogens is 3. The number of hydrogen-bond donors (Lipinski definition) is 1. The first-order valence-corrected chi connectivity index (χ1v) is 9.96. The lowest BCUT2D eigenvalue weighted by Crippen LogP contribution is -2.44. The molecule has 1 saturated carbocycles. The first-order valence-electron chi connectivity index (χ1n) is 9.08. The van der Waals surface area contributed by atoms with Gasteiger partial charge in [-0.05, 0) is 49.3 Å². The number of nitrogens with zero attached hydrogens (tertiary/aromatic N) is 2. The van der Waals surface area contributed by atoms with Gasteiger partial charge in [0.2, 0.25) is 0 Å². The van der Waals surface area contributed by atoms with Crippen molar-refractivity contribution in [1.29, 1.82) is 0 Å². The van der Waals surface area contributed by atoms with Gasteiger partial charge in [0.15, 0.2) is 5.13 Å². The van der Waals surface area contributed by atoms with Crippen LogP contribution in [0, 0.1) is 5.92 Å². The average molecular weight is 381 g/mol. The van der Waals surface area contributed by atoms with Gasteiger partial charge in [-0.2, -0.15) is 13.2 Å². The van der Waals surface area contributed by atoms with Crippen molar-refractivity contribution in [1.82, 2.24) is 10.3 Å². The van der Waals surface area contributed by atoms with Crippen LogP contribution in [0.1, 0.15) is 42.9 Å². The molecule has 2 aromatic rings. The standard InChI is InChI=1S/C19H22F3N3S/c20-19(21,22)15-3-1-2-14(12-15)17(13-4-5-13)24-16-6-9-25(10-7-16)18-23-8-11-26-18/h1-3,8,11-13,16-17,24H,4-7,9-10H2/t17-/m1/s1. The molecule has 2 heterocycles. The molecule has 0 spiro atoms.